The molecule has 3 aromatic rings. The summed E-state index contributed by atoms with van der Waals surface area (Å²) < 4.78 is 15.2. The van der Waals surface area contributed by atoms with Gasteiger partial charge in [-0.2, -0.15) is 0 Å². The molecular weight excluding hydrogens is 387 g/mol. The third-order valence-corrected chi connectivity index (χ3v) is 5.63. The second kappa shape index (κ2) is 9.22. The highest BCUT2D eigenvalue weighted by molar-refractivity contribution is 7.99. The van der Waals surface area contributed by atoms with Gasteiger partial charge in [0.1, 0.15) is 11.6 Å². The molecule has 0 aliphatic rings. The zero-order chi connectivity index (χ0) is 21.0. The molecule has 0 fully saturated rings. The number of thioether (sulfide) groups is 1. The Morgan fingerprint density at radius 1 is 1.10 bits per heavy atom. The summed E-state index contributed by atoms with van der Waals surface area (Å²) in [6.45, 7) is 7.98. The van der Waals surface area contributed by atoms with Gasteiger partial charge in [0.05, 0.1) is 17.5 Å². The fraction of sp³-hybridized carbons (Fsp3) is 0.318. The van der Waals surface area contributed by atoms with Gasteiger partial charge in [-0.15, -0.1) is 10.2 Å². The third kappa shape index (κ3) is 5.03. The number of benzene rings is 2. The lowest BCUT2D eigenvalue weighted by Crippen LogP contribution is -2.33. The molecule has 0 bridgehead atoms. The molecule has 5 nitrogen and oxygen atoms in total. The number of hydrogen-bond donors (Lipinski definition) is 1. The van der Waals surface area contributed by atoms with Crippen LogP contribution in [0.15, 0.2) is 53.7 Å². The Kier molecular flexibility index (Phi) is 6.69. The van der Waals surface area contributed by atoms with E-state index in [9.17, 15) is 9.18 Å². The van der Waals surface area contributed by atoms with Gasteiger partial charge in [0.25, 0.3) is 0 Å². The molecule has 1 N–H and O–H groups in total. The summed E-state index contributed by atoms with van der Waals surface area (Å²) in [5, 5.41) is 12.2. The molecule has 3 rings (SSSR count). The molecule has 0 saturated heterocycles. The summed E-state index contributed by atoms with van der Waals surface area (Å²) in [5.41, 5.74) is 3.00. The van der Waals surface area contributed by atoms with Gasteiger partial charge in [-0.1, -0.05) is 55.9 Å². The number of carbonyl (C=O) groups is 1. The largest absolute Gasteiger partial charge is 0.348 e. The van der Waals surface area contributed by atoms with Crippen LogP contribution in [0.25, 0.3) is 5.69 Å². The van der Waals surface area contributed by atoms with Crippen molar-refractivity contribution < 1.29 is 9.18 Å². The van der Waals surface area contributed by atoms with Crippen molar-refractivity contribution in [3.8, 4) is 5.69 Å². The Labute approximate surface area is 174 Å². The molecule has 0 radical (unpaired) electrons. The lowest BCUT2D eigenvalue weighted by Gasteiger charge is -2.23. The number of nitrogens with one attached hydrogen (secondary N) is 1. The van der Waals surface area contributed by atoms with E-state index < -0.39 is 0 Å². The van der Waals surface area contributed by atoms with E-state index in [-0.39, 0.29) is 29.4 Å². The maximum atomic E-state index is 13.2. The highest BCUT2D eigenvalue weighted by atomic mass is 32.2. The summed E-state index contributed by atoms with van der Waals surface area (Å²) in [4.78, 5) is 12.6. The van der Waals surface area contributed by atoms with Gasteiger partial charge in [0.2, 0.25) is 5.91 Å². The number of carbonyl (C=O) groups excluding carboxylic acids is 1. The van der Waals surface area contributed by atoms with Crippen LogP contribution in [0.3, 0.4) is 0 Å². The minimum atomic E-state index is -0.288. The molecule has 1 heterocycles. The standard InChI is InChI=1S/C22H25FN4OS/c1-14(2)21(17-9-11-18(23)12-10-17)24-20(28)13-29-22-26-25-16(4)27(22)19-8-6-5-7-15(19)3/h5-12,14,21H,13H2,1-4H3,(H,24,28). The fourth-order valence-electron chi connectivity index (χ4n) is 3.18. The molecule has 0 saturated carbocycles. The molecule has 1 atom stereocenters. The maximum absolute atomic E-state index is 13.2. The first-order valence-electron chi connectivity index (χ1n) is 9.52. The Balaban J connectivity index is 1.71. The maximum Gasteiger partial charge on any atom is 0.230 e. The van der Waals surface area contributed by atoms with Crippen LogP contribution in [0.2, 0.25) is 0 Å². The summed E-state index contributed by atoms with van der Waals surface area (Å²) in [6.07, 6.45) is 0. The van der Waals surface area contributed by atoms with E-state index >= 15 is 0 Å². The van der Waals surface area contributed by atoms with Crippen molar-refractivity contribution in [1.82, 2.24) is 20.1 Å². The Morgan fingerprint density at radius 3 is 2.45 bits per heavy atom. The Hall–Kier alpha value is -2.67. The van der Waals surface area contributed by atoms with Crippen LogP contribution in [-0.2, 0) is 4.79 Å². The van der Waals surface area contributed by atoms with Crippen LogP contribution in [0.1, 0.15) is 36.8 Å². The SMILES string of the molecule is Cc1ccccc1-n1c(C)nnc1SCC(=O)NC(c1ccc(F)cc1)C(C)C. The lowest BCUT2D eigenvalue weighted by atomic mass is 9.96. The van der Waals surface area contributed by atoms with E-state index in [0.29, 0.717) is 5.16 Å². The van der Waals surface area contributed by atoms with E-state index in [4.69, 9.17) is 0 Å². The minimum Gasteiger partial charge on any atom is -0.348 e. The van der Waals surface area contributed by atoms with Crippen LogP contribution < -0.4 is 5.32 Å². The Morgan fingerprint density at radius 2 is 1.79 bits per heavy atom. The molecule has 1 aromatic heterocycles. The minimum absolute atomic E-state index is 0.102. The molecular formula is C22H25FN4OS. The quantitative estimate of drug-likeness (QED) is 0.575. The van der Waals surface area contributed by atoms with Crippen molar-refractivity contribution in [3.63, 3.8) is 0 Å². The first-order valence-corrected chi connectivity index (χ1v) is 10.5. The monoisotopic (exact) mass is 412 g/mol. The molecule has 7 heteroatoms. The van der Waals surface area contributed by atoms with Gasteiger partial charge >= 0.3 is 0 Å². The van der Waals surface area contributed by atoms with E-state index in [1.165, 1.54) is 23.9 Å². The van der Waals surface area contributed by atoms with Gasteiger partial charge in [-0.25, -0.2) is 4.39 Å². The number of amides is 1. The summed E-state index contributed by atoms with van der Waals surface area (Å²) in [6, 6.07) is 14.1. The van der Waals surface area contributed by atoms with Crippen LogP contribution in [0.5, 0.6) is 0 Å². The normalized spacial score (nSPS) is 12.2. The number of aromatic nitrogens is 3. The molecule has 0 aliphatic carbocycles. The first-order chi connectivity index (χ1) is 13.9. The number of nitrogens with zero attached hydrogens (tertiary/aromatic N) is 3. The van der Waals surface area contributed by atoms with E-state index in [1.54, 1.807) is 12.1 Å². The zero-order valence-electron chi connectivity index (χ0n) is 17.0. The van der Waals surface area contributed by atoms with Crippen molar-refractivity contribution in [2.45, 2.75) is 38.9 Å². The van der Waals surface area contributed by atoms with Gasteiger partial charge in [-0.3, -0.25) is 9.36 Å². The van der Waals surface area contributed by atoms with Crippen molar-refractivity contribution in [2.75, 3.05) is 5.75 Å². The van der Waals surface area contributed by atoms with Gasteiger partial charge in [0, 0.05) is 0 Å². The van der Waals surface area contributed by atoms with Crippen LogP contribution in [-0.4, -0.2) is 26.4 Å². The highest BCUT2D eigenvalue weighted by Gasteiger charge is 2.20. The number of hydrogen-bond acceptors (Lipinski definition) is 4. The molecule has 1 amide bonds. The van der Waals surface area contributed by atoms with Crippen LogP contribution in [0.4, 0.5) is 4.39 Å². The summed E-state index contributed by atoms with van der Waals surface area (Å²) >= 11 is 1.35. The predicted octanol–water partition coefficient (Wildman–Crippen LogP) is 4.63. The molecule has 0 spiro atoms. The van der Waals surface area contributed by atoms with Crippen molar-refractivity contribution in [2.24, 2.45) is 5.92 Å². The first kappa shape index (κ1) is 21.0. The van der Waals surface area contributed by atoms with Crippen LogP contribution >= 0.6 is 11.8 Å². The topological polar surface area (TPSA) is 59.8 Å². The lowest BCUT2D eigenvalue weighted by molar-refractivity contribution is -0.119. The fourth-order valence-corrected chi connectivity index (χ4v) is 3.98. The average molecular weight is 413 g/mol. The van der Waals surface area contributed by atoms with Crippen molar-refractivity contribution in [1.29, 1.82) is 0 Å². The van der Waals surface area contributed by atoms with Gasteiger partial charge < -0.3 is 5.32 Å². The second-order valence-electron chi connectivity index (χ2n) is 7.28. The number of aryl methyl sites for hydroxylation is 2. The molecule has 29 heavy (non-hydrogen) atoms. The zero-order valence-corrected chi connectivity index (χ0v) is 17.8. The number of rotatable bonds is 7. The number of para-hydroxylation sites is 1. The third-order valence-electron chi connectivity index (χ3n) is 4.70. The van der Waals surface area contributed by atoms with Crippen LogP contribution in [0, 0.1) is 25.6 Å². The van der Waals surface area contributed by atoms with E-state index in [0.717, 1.165) is 22.6 Å². The summed E-state index contributed by atoms with van der Waals surface area (Å²) in [7, 11) is 0. The Bertz CT molecular complexity index is 985. The van der Waals surface area contributed by atoms with Gasteiger partial charge in [0.15, 0.2) is 5.16 Å². The molecule has 1 unspecified atom stereocenters. The van der Waals surface area contributed by atoms with Gasteiger partial charge in [-0.05, 0) is 49.1 Å². The highest BCUT2D eigenvalue weighted by Crippen LogP contribution is 2.25. The molecule has 152 valence electrons. The summed E-state index contributed by atoms with van der Waals surface area (Å²) in [5.74, 6) is 0.772. The van der Waals surface area contributed by atoms with E-state index in [2.05, 4.69) is 15.5 Å². The van der Waals surface area contributed by atoms with Crippen molar-refractivity contribution in [3.05, 3.63) is 71.3 Å². The molecule has 0 aliphatic heterocycles. The predicted molar refractivity (Wildman–Crippen MR) is 114 cm³/mol. The number of halogens is 1. The van der Waals surface area contributed by atoms with E-state index in [1.807, 2.05) is 56.5 Å². The second-order valence-corrected chi connectivity index (χ2v) is 8.22. The molecule has 2 aromatic carbocycles. The van der Waals surface area contributed by atoms with Crippen molar-refractivity contribution >= 4 is 17.7 Å². The average Bonchev–Trinajstić information content (AvgIpc) is 3.06. The smallest absolute Gasteiger partial charge is 0.230 e.